The minimum Gasteiger partial charge on any atom is -0.465 e. The van der Waals surface area contributed by atoms with Crippen molar-refractivity contribution in [3.63, 3.8) is 0 Å². The second-order valence-electron chi connectivity index (χ2n) is 6.90. The molecule has 0 fully saturated rings. The average Bonchev–Trinajstić information content (AvgIpc) is 2.80. The number of nitrogens with one attached hydrogen (secondary N) is 2. The molecule has 9 heteroatoms. The van der Waals surface area contributed by atoms with Crippen LogP contribution in [0.3, 0.4) is 0 Å². The number of hydrazine groups is 1. The van der Waals surface area contributed by atoms with Crippen LogP contribution in [-0.2, 0) is 10.5 Å². The summed E-state index contributed by atoms with van der Waals surface area (Å²) in [5.74, 6) is -0.769. The smallest absolute Gasteiger partial charge is 0.337 e. The van der Waals surface area contributed by atoms with E-state index in [1.165, 1.54) is 43.1 Å². The van der Waals surface area contributed by atoms with E-state index in [0.717, 1.165) is 17.0 Å². The van der Waals surface area contributed by atoms with E-state index in [4.69, 9.17) is 0 Å². The lowest BCUT2D eigenvalue weighted by atomic mass is 10.1. The summed E-state index contributed by atoms with van der Waals surface area (Å²) < 4.78 is 4.62. The van der Waals surface area contributed by atoms with Gasteiger partial charge in [-0.05, 0) is 61.9 Å². The molecule has 0 saturated heterocycles. The Balaban J connectivity index is 1.52. The van der Waals surface area contributed by atoms with Crippen molar-refractivity contribution in [3.8, 4) is 0 Å². The van der Waals surface area contributed by atoms with Crippen molar-refractivity contribution < 1.29 is 19.1 Å². The second-order valence-corrected chi connectivity index (χ2v) is 7.84. The number of aryl methyl sites for hydroxylation is 2. The summed E-state index contributed by atoms with van der Waals surface area (Å²) in [5.41, 5.74) is 8.63. The number of hydrogen-bond acceptors (Lipinski definition) is 7. The highest BCUT2D eigenvalue weighted by Crippen LogP contribution is 2.20. The van der Waals surface area contributed by atoms with Gasteiger partial charge in [-0.3, -0.25) is 20.4 Å². The first-order chi connectivity index (χ1) is 15.4. The topological polar surface area (TPSA) is 110 Å². The first-order valence-corrected chi connectivity index (χ1v) is 10.7. The van der Waals surface area contributed by atoms with Crippen molar-refractivity contribution in [2.45, 2.75) is 24.8 Å². The lowest BCUT2D eigenvalue weighted by Gasteiger charge is -2.08. The van der Waals surface area contributed by atoms with Crippen LogP contribution in [0.5, 0.6) is 0 Å². The molecule has 32 heavy (non-hydrogen) atoms. The van der Waals surface area contributed by atoms with E-state index in [2.05, 4.69) is 25.6 Å². The summed E-state index contributed by atoms with van der Waals surface area (Å²) >= 11 is 1.52. The number of hydrogen-bond donors (Lipinski definition) is 2. The van der Waals surface area contributed by atoms with Gasteiger partial charge in [-0.2, -0.15) is 0 Å². The highest BCUT2D eigenvalue weighted by molar-refractivity contribution is 7.98. The predicted octanol–water partition coefficient (Wildman–Crippen LogP) is 3.25. The number of methoxy groups -OCH3 is 1. The molecule has 0 unspecified atom stereocenters. The molecular weight excluding hydrogens is 428 g/mol. The van der Waals surface area contributed by atoms with E-state index in [-0.39, 0.29) is 0 Å². The summed E-state index contributed by atoms with van der Waals surface area (Å²) in [6.07, 6.45) is 0. The molecule has 0 radical (unpaired) electrons. The largest absolute Gasteiger partial charge is 0.465 e. The standard InChI is InChI=1S/C23H22N4O4S/c1-14-12-15(2)25-23(24-14)32-13-16-4-6-17(7-5-16)20(28)26-27-21(29)18-8-10-19(11-9-18)22(30)31-3/h4-12H,13H2,1-3H3,(H,26,28)(H,27,29). The number of aromatic nitrogens is 2. The number of amides is 2. The monoisotopic (exact) mass is 450 g/mol. The van der Waals surface area contributed by atoms with E-state index < -0.39 is 17.8 Å². The van der Waals surface area contributed by atoms with Crippen molar-refractivity contribution in [1.29, 1.82) is 0 Å². The molecule has 3 rings (SSSR count). The molecule has 0 bridgehead atoms. The summed E-state index contributed by atoms with van der Waals surface area (Å²) in [7, 11) is 1.28. The van der Waals surface area contributed by atoms with Gasteiger partial charge in [0.25, 0.3) is 11.8 Å². The summed E-state index contributed by atoms with van der Waals surface area (Å²) in [4.78, 5) is 44.8. The van der Waals surface area contributed by atoms with Gasteiger partial charge in [0.15, 0.2) is 5.16 Å². The molecule has 1 heterocycles. The Hall–Kier alpha value is -3.72. The lowest BCUT2D eigenvalue weighted by molar-refractivity contribution is 0.0600. The van der Waals surface area contributed by atoms with Gasteiger partial charge < -0.3 is 4.74 Å². The maximum Gasteiger partial charge on any atom is 0.337 e. The highest BCUT2D eigenvalue weighted by Gasteiger charge is 2.11. The number of rotatable bonds is 6. The SMILES string of the molecule is COC(=O)c1ccc(C(=O)NNC(=O)c2ccc(CSc3nc(C)cc(C)n3)cc2)cc1. The van der Waals surface area contributed by atoms with E-state index in [9.17, 15) is 14.4 Å². The van der Waals surface area contributed by atoms with Gasteiger partial charge in [-0.25, -0.2) is 14.8 Å². The summed E-state index contributed by atoms with van der Waals surface area (Å²) in [6, 6.07) is 14.9. The van der Waals surface area contributed by atoms with Gasteiger partial charge in [0.05, 0.1) is 12.7 Å². The van der Waals surface area contributed by atoms with Crippen LogP contribution in [0.2, 0.25) is 0 Å². The van der Waals surface area contributed by atoms with E-state index in [0.29, 0.717) is 27.6 Å². The van der Waals surface area contributed by atoms with Crippen LogP contribution in [0.25, 0.3) is 0 Å². The Kier molecular flexibility index (Phi) is 7.56. The van der Waals surface area contributed by atoms with Crippen molar-refractivity contribution >= 4 is 29.5 Å². The minimum absolute atomic E-state index is 0.291. The van der Waals surface area contributed by atoms with E-state index >= 15 is 0 Å². The molecule has 0 aliphatic carbocycles. The molecule has 0 aliphatic rings. The van der Waals surface area contributed by atoms with Crippen LogP contribution < -0.4 is 10.9 Å². The van der Waals surface area contributed by atoms with Crippen molar-refractivity contribution in [3.05, 3.63) is 88.2 Å². The van der Waals surface area contributed by atoms with Gasteiger partial charge in [0.1, 0.15) is 0 Å². The lowest BCUT2D eigenvalue weighted by Crippen LogP contribution is -2.41. The van der Waals surface area contributed by atoms with Gasteiger partial charge in [0, 0.05) is 28.3 Å². The Bertz CT molecular complexity index is 1110. The number of benzene rings is 2. The van der Waals surface area contributed by atoms with E-state index in [1.54, 1.807) is 12.1 Å². The molecule has 2 N–H and O–H groups in total. The van der Waals surface area contributed by atoms with Crippen molar-refractivity contribution in [2.75, 3.05) is 7.11 Å². The normalized spacial score (nSPS) is 10.3. The van der Waals surface area contributed by atoms with Crippen LogP contribution in [0.1, 0.15) is 48.0 Å². The first-order valence-electron chi connectivity index (χ1n) is 9.69. The Morgan fingerprint density at radius 3 is 1.78 bits per heavy atom. The van der Waals surface area contributed by atoms with Crippen LogP contribution in [0.15, 0.2) is 59.8 Å². The maximum absolute atomic E-state index is 12.3. The van der Waals surface area contributed by atoms with Crippen LogP contribution in [-0.4, -0.2) is 34.9 Å². The number of carbonyl (C=O) groups is 3. The third-order valence-corrected chi connectivity index (χ3v) is 5.32. The molecule has 8 nitrogen and oxygen atoms in total. The molecule has 0 saturated carbocycles. The maximum atomic E-state index is 12.3. The summed E-state index contributed by atoms with van der Waals surface area (Å²) in [5, 5.41) is 0.714. The Morgan fingerprint density at radius 2 is 1.28 bits per heavy atom. The molecule has 1 aromatic heterocycles. The fraction of sp³-hybridized carbons (Fsp3) is 0.174. The fourth-order valence-corrected chi connectivity index (χ4v) is 3.70. The van der Waals surface area contributed by atoms with E-state index in [1.807, 2.05) is 32.0 Å². The van der Waals surface area contributed by atoms with Crippen LogP contribution in [0, 0.1) is 13.8 Å². The van der Waals surface area contributed by atoms with Crippen LogP contribution in [0.4, 0.5) is 0 Å². The Labute approximate surface area is 189 Å². The zero-order valence-corrected chi connectivity index (χ0v) is 18.7. The first kappa shape index (κ1) is 23.0. The highest BCUT2D eigenvalue weighted by atomic mass is 32.2. The third-order valence-electron chi connectivity index (χ3n) is 4.40. The molecule has 0 aliphatic heterocycles. The minimum atomic E-state index is -0.503. The molecule has 3 aromatic rings. The average molecular weight is 451 g/mol. The molecule has 2 aromatic carbocycles. The second kappa shape index (κ2) is 10.5. The van der Waals surface area contributed by atoms with Gasteiger partial charge in [0.2, 0.25) is 0 Å². The molecular formula is C23H22N4O4S. The zero-order valence-electron chi connectivity index (χ0n) is 17.8. The van der Waals surface area contributed by atoms with Gasteiger partial charge >= 0.3 is 5.97 Å². The number of carbonyl (C=O) groups excluding carboxylic acids is 3. The summed E-state index contributed by atoms with van der Waals surface area (Å²) in [6.45, 7) is 3.87. The predicted molar refractivity (Wildman–Crippen MR) is 120 cm³/mol. The number of nitrogens with zero attached hydrogens (tertiary/aromatic N) is 2. The molecule has 2 amide bonds. The fourth-order valence-electron chi connectivity index (χ4n) is 2.79. The molecule has 0 spiro atoms. The van der Waals surface area contributed by atoms with Gasteiger partial charge in [-0.1, -0.05) is 23.9 Å². The molecule has 164 valence electrons. The molecule has 0 atom stereocenters. The number of ether oxygens (including phenoxy) is 1. The Morgan fingerprint density at radius 1 is 0.812 bits per heavy atom. The quantitative estimate of drug-likeness (QED) is 0.257. The van der Waals surface area contributed by atoms with Gasteiger partial charge in [-0.15, -0.1) is 0 Å². The third kappa shape index (κ3) is 6.14. The zero-order chi connectivity index (χ0) is 23.1. The van der Waals surface area contributed by atoms with Crippen molar-refractivity contribution in [2.24, 2.45) is 0 Å². The van der Waals surface area contributed by atoms with Crippen LogP contribution >= 0.6 is 11.8 Å². The number of esters is 1. The number of thioether (sulfide) groups is 1. The van der Waals surface area contributed by atoms with Crippen molar-refractivity contribution in [1.82, 2.24) is 20.8 Å².